The first kappa shape index (κ1) is 14.2. The predicted molar refractivity (Wildman–Crippen MR) is 77.2 cm³/mol. The summed E-state index contributed by atoms with van der Waals surface area (Å²) in [5.41, 5.74) is 1.96. The van der Waals surface area contributed by atoms with Crippen molar-refractivity contribution in [1.29, 1.82) is 0 Å². The van der Waals surface area contributed by atoms with Gasteiger partial charge in [0, 0.05) is 18.9 Å². The smallest absolute Gasteiger partial charge is 0.307 e. The van der Waals surface area contributed by atoms with E-state index in [1.165, 1.54) is 0 Å². The van der Waals surface area contributed by atoms with Gasteiger partial charge in [-0.2, -0.15) is 5.10 Å². The van der Waals surface area contributed by atoms with Crippen LogP contribution in [0.4, 0.5) is 0 Å². The van der Waals surface area contributed by atoms with Gasteiger partial charge in [-0.25, -0.2) is 0 Å². The van der Waals surface area contributed by atoms with Crippen molar-refractivity contribution in [3.05, 3.63) is 29.5 Å². The molecular weight excluding hydrogens is 286 g/mol. The number of fused-ring (bicyclic) bond motifs is 1. The summed E-state index contributed by atoms with van der Waals surface area (Å²) in [6.45, 7) is 0. The maximum absolute atomic E-state index is 12.0. The Morgan fingerprint density at radius 1 is 1.45 bits per heavy atom. The number of nitrogens with zero attached hydrogens (tertiary/aromatic N) is 2. The van der Waals surface area contributed by atoms with Crippen LogP contribution >= 0.6 is 0 Å². The number of rotatable bonds is 3. The van der Waals surface area contributed by atoms with E-state index in [1.807, 2.05) is 6.07 Å². The number of aliphatic carboxylic acids is 1. The Balaban J connectivity index is 2.10. The van der Waals surface area contributed by atoms with E-state index < -0.39 is 11.9 Å². The molecule has 1 saturated heterocycles. The second-order valence-corrected chi connectivity index (χ2v) is 5.40. The number of aromatic nitrogens is 2. The summed E-state index contributed by atoms with van der Waals surface area (Å²) in [4.78, 5) is 34.3. The summed E-state index contributed by atoms with van der Waals surface area (Å²) in [5, 5.41) is 16.5. The average molecular weight is 301 g/mol. The van der Waals surface area contributed by atoms with E-state index in [4.69, 9.17) is 5.11 Å². The lowest BCUT2D eigenvalue weighted by molar-refractivity contribution is -0.136. The van der Waals surface area contributed by atoms with Gasteiger partial charge >= 0.3 is 5.97 Å². The number of nitrogens with one attached hydrogen (secondary N) is 1. The Morgan fingerprint density at radius 2 is 2.23 bits per heavy atom. The fourth-order valence-corrected chi connectivity index (χ4v) is 2.96. The van der Waals surface area contributed by atoms with Crippen molar-refractivity contribution < 1.29 is 19.5 Å². The molecule has 0 radical (unpaired) electrons. The predicted octanol–water partition coefficient (Wildman–Crippen LogP) is 0.721. The van der Waals surface area contributed by atoms with Gasteiger partial charge in [0.1, 0.15) is 0 Å². The molecule has 0 aliphatic carbocycles. The van der Waals surface area contributed by atoms with E-state index in [-0.39, 0.29) is 24.7 Å². The van der Waals surface area contributed by atoms with Crippen LogP contribution in [-0.2, 0) is 27.9 Å². The Bertz CT molecular complexity index is 793. The number of carboxylic acid groups (broad SMARTS) is 1. The fraction of sp³-hybridized carbons (Fsp3) is 0.333. The van der Waals surface area contributed by atoms with E-state index in [0.29, 0.717) is 23.2 Å². The third kappa shape index (κ3) is 2.34. The molecular formula is C15H15N3O4. The molecule has 3 rings (SSSR count). The van der Waals surface area contributed by atoms with E-state index in [0.717, 1.165) is 5.39 Å². The van der Waals surface area contributed by atoms with Crippen molar-refractivity contribution in [2.45, 2.75) is 25.2 Å². The van der Waals surface area contributed by atoms with Crippen LogP contribution in [0.15, 0.2) is 18.2 Å². The van der Waals surface area contributed by atoms with Gasteiger partial charge in [0.2, 0.25) is 11.8 Å². The summed E-state index contributed by atoms with van der Waals surface area (Å²) in [5.74, 6) is -2.02. The first-order valence-electron chi connectivity index (χ1n) is 6.97. The zero-order chi connectivity index (χ0) is 15.9. The Hall–Kier alpha value is -2.70. The first-order valence-corrected chi connectivity index (χ1v) is 6.97. The zero-order valence-electron chi connectivity index (χ0n) is 12.0. The largest absolute Gasteiger partial charge is 0.481 e. The van der Waals surface area contributed by atoms with Crippen molar-refractivity contribution in [3.8, 4) is 0 Å². The molecule has 0 bridgehead atoms. The second kappa shape index (κ2) is 5.25. The van der Waals surface area contributed by atoms with Gasteiger partial charge < -0.3 is 5.11 Å². The van der Waals surface area contributed by atoms with Crippen molar-refractivity contribution in [3.63, 3.8) is 0 Å². The number of imide groups is 1. The summed E-state index contributed by atoms with van der Waals surface area (Å²) in [6, 6.07) is 5.33. The molecule has 1 aliphatic heterocycles. The van der Waals surface area contributed by atoms with Crippen LogP contribution in [-0.4, -0.2) is 32.7 Å². The maximum Gasteiger partial charge on any atom is 0.307 e. The van der Waals surface area contributed by atoms with Gasteiger partial charge in [0.15, 0.2) is 0 Å². The number of hydrogen-bond donors (Lipinski definition) is 2. The average Bonchev–Trinajstić information content (AvgIpc) is 2.76. The third-order valence-corrected chi connectivity index (χ3v) is 3.89. The van der Waals surface area contributed by atoms with Crippen LogP contribution in [0, 0.1) is 0 Å². The lowest BCUT2D eigenvalue weighted by Crippen LogP contribution is -2.39. The minimum Gasteiger partial charge on any atom is -0.481 e. The molecule has 1 atom stereocenters. The molecule has 2 heterocycles. The molecule has 2 aromatic rings. The number of carbonyl (C=O) groups is 3. The molecule has 1 aromatic carbocycles. The Kier molecular flexibility index (Phi) is 3.40. The normalized spacial score (nSPS) is 18.5. The van der Waals surface area contributed by atoms with Crippen molar-refractivity contribution in [2.24, 2.45) is 7.05 Å². The Morgan fingerprint density at radius 3 is 2.91 bits per heavy atom. The van der Waals surface area contributed by atoms with Crippen molar-refractivity contribution in [1.82, 2.24) is 15.1 Å². The zero-order valence-corrected chi connectivity index (χ0v) is 12.0. The lowest BCUT2D eigenvalue weighted by Gasteiger charge is -2.19. The molecule has 22 heavy (non-hydrogen) atoms. The van der Waals surface area contributed by atoms with E-state index in [1.54, 1.807) is 23.9 Å². The quantitative estimate of drug-likeness (QED) is 0.813. The molecule has 7 nitrogen and oxygen atoms in total. The SMILES string of the molecule is Cn1nc(C2CCC(=O)NC2=O)c2cccc(CC(=O)O)c21. The third-order valence-electron chi connectivity index (χ3n) is 3.89. The van der Waals surface area contributed by atoms with Crippen LogP contribution in [0.3, 0.4) is 0 Å². The van der Waals surface area contributed by atoms with E-state index in [2.05, 4.69) is 10.4 Å². The number of aryl methyl sites for hydroxylation is 1. The summed E-state index contributed by atoms with van der Waals surface area (Å²) >= 11 is 0. The number of carbonyl (C=O) groups excluding carboxylic acids is 2. The summed E-state index contributed by atoms with van der Waals surface area (Å²) in [6.07, 6.45) is 0.592. The van der Waals surface area contributed by atoms with Gasteiger partial charge in [0.05, 0.1) is 23.5 Å². The van der Waals surface area contributed by atoms with Gasteiger partial charge in [-0.05, 0) is 12.0 Å². The maximum atomic E-state index is 12.0. The van der Waals surface area contributed by atoms with E-state index >= 15 is 0 Å². The summed E-state index contributed by atoms with van der Waals surface area (Å²) < 4.78 is 1.60. The highest BCUT2D eigenvalue weighted by Crippen LogP contribution is 2.31. The minimum atomic E-state index is -0.920. The monoisotopic (exact) mass is 301 g/mol. The molecule has 1 fully saturated rings. The standard InChI is InChI=1S/C15H15N3O4/c1-18-14-8(7-12(20)21)3-2-4-9(14)13(17-18)10-5-6-11(19)16-15(10)22/h2-4,10H,5-7H2,1H3,(H,20,21)(H,16,19,22). The van der Waals surface area contributed by atoms with Crippen LogP contribution in [0.2, 0.25) is 0 Å². The molecule has 114 valence electrons. The van der Waals surface area contributed by atoms with Gasteiger partial charge in [0.25, 0.3) is 0 Å². The van der Waals surface area contributed by atoms with Crippen molar-refractivity contribution in [2.75, 3.05) is 0 Å². The van der Waals surface area contributed by atoms with Gasteiger partial charge in [-0.1, -0.05) is 18.2 Å². The number of hydrogen-bond acceptors (Lipinski definition) is 4. The molecule has 7 heteroatoms. The minimum absolute atomic E-state index is 0.105. The number of carboxylic acids is 1. The lowest BCUT2D eigenvalue weighted by atomic mass is 9.92. The second-order valence-electron chi connectivity index (χ2n) is 5.40. The molecule has 0 saturated carbocycles. The molecule has 1 unspecified atom stereocenters. The molecule has 0 spiro atoms. The van der Waals surface area contributed by atoms with Gasteiger partial charge in [-0.15, -0.1) is 0 Å². The highest BCUT2D eigenvalue weighted by molar-refractivity contribution is 6.02. The molecule has 2 amide bonds. The number of amides is 2. The van der Waals surface area contributed by atoms with E-state index in [9.17, 15) is 14.4 Å². The van der Waals surface area contributed by atoms with Crippen LogP contribution in [0.5, 0.6) is 0 Å². The topological polar surface area (TPSA) is 101 Å². The number of benzene rings is 1. The van der Waals surface area contributed by atoms with Gasteiger partial charge in [-0.3, -0.25) is 24.4 Å². The molecule has 1 aromatic heterocycles. The molecule has 1 aliphatic rings. The first-order chi connectivity index (χ1) is 10.5. The fourth-order valence-electron chi connectivity index (χ4n) is 2.96. The van der Waals surface area contributed by atoms with Crippen LogP contribution in [0.25, 0.3) is 10.9 Å². The van der Waals surface area contributed by atoms with Crippen LogP contribution in [0.1, 0.15) is 30.0 Å². The summed E-state index contributed by atoms with van der Waals surface area (Å²) in [7, 11) is 1.73. The highest BCUT2D eigenvalue weighted by atomic mass is 16.4. The van der Waals surface area contributed by atoms with Crippen molar-refractivity contribution >= 4 is 28.7 Å². The van der Waals surface area contributed by atoms with Crippen LogP contribution < -0.4 is 5.32 Å². The number of para-hydroxylation sites is 1. The number of piperidine rings is 1. The molecule has 2 N–H and O–H groups in total. The highest BCUT2D eigenvalue weighted by Gasteiger charge is 2.31. The Labute approximate surface area is 125 Å².